The first kappa shape index (κ1) is 12.1. The van der Waals surface area contributed by atoms with E-state index in [-0.39, 0.29) is 18.4 Å². The smallest absolute Gasteiger partial charge is 0.223 e. The molecule has 1 aromatic rings. The molecular weight excluding hydrogens is 214 g/mol. The van der Waals surface area contributed by atoms with Crippen molar-refractivity contribution in [2.75, 3.05) is 13.2 Å². The Morgan fingerprint density at radius 2 is 2.06 bits per heavy atom. The van der Waals surface area contributed by atoms with E-state index in [9.17, 15) is 4.79 Å². The van der Waals surface area contributed by atoms with E-state index in [0.717, 1.165) is 19.3 Å². The number of unbranched alkanes of at least 4 members (excludes halogenated alkanes) is 1. The molecule has 0 spiro atoms. The third-order valence-electron chi connectivity index (χ3n) is 3.24. The fourth-order valence-corrected chi connectivity index (χ4v) is 2.13. The summed E-state index contributed by atoms with van der Waals surface area (Å²) in [5.74, 6) is 0.734. The maximum atomic E-state index is 11.8. The Balaban J connectivity index is 1.73. The van der Waals surface area contributed by atoms with Crippen molar-refractivity contribution in [1.29, 1.82) is 0 Å². The van der Waals surface area contributed by atoms with E-state index < -0.39 is 0 Å². The number of hydrogen-bond acceptors (Lipinski definition) is 2. The summed E-state index contributed by atoms with van der Waals surface area (Å²) in [7, 11) is 0. The molecule has 0 heterocycles. The summed E-state index contributed by atoms with van der Waals surface area (Å²) in [6, 6.07) is 10.2. The van der Waals surface area contributed by atoms with Crippen molar-refractivity contribution >= 4 is 5.91 Å². The van der Waals surface area contributed by atoms with Crippen LogP contribution in [0.15, 0.2) is 30.3 Å². The zero-order valence-electron chi connectivity index (χ0n) is 9.93. The van der Waals surface area contributed by atoms with Gasteiger partial charge in [-0.1, -0.05) is 30.3 Å². The fourth-order valence-electron chi connectivity index (χ4n) is 2.13. The largest absolute Gasteiger partial charge is 0.396 e. The Bertz CT molecular complexity index is 364. The second-order valence-electron chi connectivity index (χ2n) is 4.58. The number of amides is 1. The topological polar surface area (TPSA) is 49.3 Å². The third-order valence-corrected chi connectivity index (χ3v) is 3.24. The Morgan fingerprint density at radius 3 is 2.76 bits per heavy atom. The van der Waals surface area contributed by atoms with Gasteiger partial charge in [-0.05, 0) is 30.7 Å². The zero-order valence-corrected chi connectivity index (χ0v) is 9.93. The highest BCUT2D eigenvalue weighted by Crippen LogP contribution is 2.47. The zero-order chi connectivity index (χ0) is 12.1. The monoisotopic (exact) mass is 233 g/mol. The normalized spacial score (nSPS) is 22.2. The molecule has 0 saturated heterocycles. The molecule has 92 valence electrons. The lowest BCUT2D eigenvalue weighted by molar-refractivity contribution is -0.122. The van der Waals surface area contributed by atoms with Crippen LogP contribution in [0.4, 0.5) is 0 Å². The number of hydrogen-bond donors (Lipinski definition) is 2. The van der Waals surface area contributed by atoms with Gasteiger partial charge in [0.1, 0.15) is 0 Å². The highest BCUT2D eigenvalue weighted by atomic mass is 16.2. The van der Waals surface area contributed by atoms with Gasteiger partial charge in [-0.15, -0.1) is 0 Å². The van der Waals surface area contributed by atoms with E-state index in [4.69, 9.17) is 5.11 Å². The van der Waals surface area contributed by atoms with Crippen LogP contribution in [-0.2, 0) is 4.79 Å². The van der Waals surface area contributed by atoms with Crippen molar-refractivity contribution in [2.24, 2.45) is 5.92 Å². The summed E-state index contributed by atoms with van der Waals surface area (Å²) < 4.78 is 0. The summed E-state index contributed by atoms with van der Waals surface area (Å²) in [4.78, 5) is 11.8. The summed E-state index contributed by atoms with van der Waals surface area (Å²) >= 11 is 0. The van der Waals surface area contributed by atoms with Crippen LogP contribution < -0.4 is 5.32 Å². The van der Waals surface area contributed by atoms with Gasteiger partial charge in [0.15, 0.2) is 0 Å². The number of aliphatic hydroxyl groups excluding tert-OH is 1. The molecule has 1 aliphatic carbocycles. The van der Waals surface area contributed by atoms with Gasteiger partial charge in [-0.3, -0.25) is 4.79 Å². The number of nitrogens with one attached hydrogen (secondary N) is 1. The first-order chi connectivity index (χ1) is 8.33. The van der Waals surface area contributed by atoms with E-state index in [0.29, 0.717) is 12.5 Å². The molecule has 1 saturated carbocycles. The van der Waals surface area contributed by atoms with Gasteiger partial charge in [-0.2, -0.15) is 0 Å². The third kappa shape index (κ3) is 3.30. The number of aliphatic hydroxyl groups is 1. The Morgan fingerprint density at radius 1 is 1.29 bits per heavy atom. The molecular formula is C14H19NO2. The number of carbonyl (C=O) groups is 1. The van der Waals surface area contributed by atoms with E-state index in [1.54, 1.807) is 0 Å². The molecule has 0 aliphatic heterocycles. The lowest BCUT2D eigenvalue weighted by Gasteiger charge is -2.04. The Kier molecular flexibility index (Phi) is 4.15. The molecule has 1 aromatic carbocycles. The van der Waals surface area contributed by atoms with Gasteiger partial charge >= 0.3 is 0 Å². The van der Waals surface area contributed by atoms with Crippen molar-refractivity contribution in [2.45, 2.75) is 25.2 Å². The summed E-state index contributed by atoms with van der Waals surface area (Å²) in [6.07, 6.45) is 2.58. The second kappa shape index (κ2) is 5.82. The Hall–Kier alpha value is -1.35. The van der Waals surface area contributed by atoms with Gasteiger partial charge in [0.25, 0.3) is 0 Å². The van der Waals surface area contributed by atoms with Crippen LogP contribution in [0.2, 0.25) is 0 Å². The fraction of sp³-hybridized carbons (Fsp3) is 0.500. The van der Waals surface area contributed by atoms with Crippen LogP contribution >= 0.6 is 0 Å². The van der Waals surface area contributed by atoms with E-state index in [1.807, 2.05) is 18.2 Å². The first-order valence-corrected chi connectivity index (χ1v) is 6.26. The molecule has 1 amide bonds. The molecule has 2 rings (SSSR count). The van der Waals surface area contributed by atoms with E-state index >= 15 is 0 Å². The SMILES string of the molecule is O=C(NCCCCO)C1CC1c1ccccc1. The number of rotatable bonds is 6. The van der Waals surface area contributed by atoms with Crippen molar-refractivity contribution in [1.82, 2.24) is 5.32 Å². The highest BCUT2D eigenvalue weighted by molar-refractivity contribution is 5.82. The maximum absolute atomic E-state index is 11.8. The Labute approximate surface area is 102 Å². The van der Waals surface area contributed by atoms with Gasteiger partial charge in [0.2, 0.25) is 5.91 Å². The highest BCUT2D eigenvalue weighted by Gasteiger charge is 2.43. The maximum Gasteiger partial charge on any atom is 0.223 e. The van der Waals surface area contributed by atoms with Crippen molar-refractivity contribution in [3.8, 4) is 0 Å². The van der Waals surface area contributed by atoms with Crippen molar-refractivity contribution in [3.05, 3.63) is 35.9 Å². The predicted molar refractivity (Wildman–Crippen MR) is 66.6 cm³/mol. The van der Waals surface area contributed by atoms with Crippen LogP contribution in [-0.4, -0.2) is 24.2 Å². The summed E-state index contributed by atoms with van der Waals surface area (Å²) in [6.45, 7) is 0.878. The molecule has 0 radical (unpaired) electrons. The quantitative estimate of drug-likeness (QED) is 0.734. The van der Waals surface area contributed by atoms with Gasteiger partial charge in [0, 0.05) is 19.1 Å². The standard InChI is InChI=1S/C14H19NO2/c16-9-5-4-8-15-14(17)13-10-12(13)11-6-2-1-3-7-11/h1-3,6-7,12-13,16H,4-5,8-10H2,(H,15,17). The minimum Gasteiger partial charge on any atom is -0.396 e. The van der Waals surface area contributed by atoms with Crippen LogP contribution in [0.5, 0.6) is 0 Å². The van der Waals surface area contributed by atoms with E-state index in [1.165, 1.54) is 5.56 Å². The van der Waals surface area contributed by atoms with E-state index in [2.05, 4.69) is 17.4 Å². The number of benzene rings is 1. The molecule has 2 unspecified atom stereocenters. The lowest BCUT2D eigenvalue weighted by atomic mass is 10.1. The van der Waals surface area contributed by atoms with Crippen molar-refractivity contribution < 1.29 is 9.90 Å². The van der Waals surface area contributed by atoms with Crippen LogP contribution in [0.3, 0.4) is 0 Å². The molecule has 1 fully saturated rings. The lowest BCUT2D eigenvalue weighted by Crippen LogP contribution is -2.26. The van der Waals surface area contributed by atoms with Crippen LogP contribution in [0.25, 0.3) is 0 Å². The molecule has 3 heteroatoms. The molecule has 0 aromatic heterocycles. The number of carbonyl (C=O) groups excluding carboxylic acids is 1. The second-order valence-corrected chi connectivity index (χ2v) is 4.58. The molecule has 2 N–H and O–H groups in total. The average Bonchev–Trinajstić information content (AvgIpc) is 3.16. The summed E-state index contributed by atoms with van der Waals surface area (Å²) in [5, 5.41) is 11.6. The van der Waals surface area contributed by atoms with Gasteiger partial charge < -0.3 is 10.4 Å². The minimum absolute atomic E-state index is 0.159. The average molecular weight is 233 g/mol. The first-order valence-electron chi connectivity index (χ1n) is 6.26. The molecule has 2 atom stereocenters. The van der Waals surface area contributed by atoms with Gasteiger partial charge in [-0.25, -0.2) is 0 Å². The van der Waals surface area contributed by atoms with Crippen LogP contribution in [0.1, 0.15) is 30.7 Å². The molecule has 1 aliphatic rings. The van der Waals surface area contributed by atoms with Crippen LogP contribution in [0, 0.1) is 5.92 Å². The van der Waals surface area contributed by atoms with Gasteiger partial charge in [0.05, 0.1) is 0 Å². The predicted octanol–water partition coefficient (Wildman–Crippen LogP) is 1.68. The van der Waals surface area contributed by atoms with Crippen molar-refractivity contribution in [3.63, 3.8) is 0 Å². The minimum atomic E-state index is 0.159. The molecule has 0 bridgehead atoms. The molecule has 17 heavy (non-hydrogen) atoms. The summed E-state index contributed by atoms with van der Waals surface area (Å²) in [5.41, 5.74) is 1.27. The molecule has 3 nitrogen and oxygen atoms in total.